The molecule has 0 fully saturated rings. The van der Waals surface area contributed by atoms with Crippen LogP contribution in [0.15, 0.2) is 109 Å². The molecule has 5 heteroatoms. The summed E-state index contributed by atoms with van der Waals surface area (Å²) >= 11 is 1.22. The van der Waals surface area contributed by atoms with Gasteiger partial charge in [0.05, 0.1) is 0 Å². The van der Waals surface area contributed by atoms with Gasteiger partial charge in [-0.1, -0.05) is 105 Å². The van der Waals surface area contributed by atoms with Gasteiger partial charge < -0.3 is 24.8 Å². The molecule has 0 atom stereocenters. The molecule has 0 amide bonds. The predicted octanol–water partition coefficient (Wildman–Crippen LogP) is 7.55. The molecule has 0 saturated carbocycles. The van der Waals surface area contributed by atoms with Crippen molar-refractivity contribution in [2.75, 3.05) is 0 Å². The Bertz CT molecular complexity index is 2140. The Morgan fingerprint density at radius 2 is 1.04 bits per heavy atom. The van der Waals surface area contributed by atoms with Crippen LogP contribution < -0.4 is 24.8 Å². The molecule has 54 heavy (non-hydrogen) atoms. The minimum absolute atomic E-state index is 0. The molecule has 5 aromatic carbocycles. The second kappa shape index (κ2) is 16.2. The molecule has 0 aromatic heterocycles. The van der Waals surface area contributed by atoms with Crippen LogP contribution in [-0.2, 0) is 35.1 Å². The standard InChI is InChI=1S/C31H37.C13H8F2.C5H5.2ClH.Zr/c1-28(2,3)26-16-30(7,8)24-12-18-11-19-13-25-23(15-21(19)20(18)14-22(24)26)27(29(4,5)6)17-31(25,9)10;14-12-5-1-10(2-6-12)9-11-3-7-13(15)8-4-11;1-2-4-5-3-1;;;/h11-17H,1-10H3;1-8H;1-3H,4H2;2*1H;/q-1;;-1;;;+2/p-2. The number of benzene rings is 4. The number of fused-ring (bicyclic) bond motifs is 5. The molecule has 0 bridgehead atoms. The molecule has 5 aromatic rings. The maximum Gasteiger partial charge on any atom is -0.109 e. The van der Waals surface area contributed by atoms with E-state index in [2.05, 4.69) is 124 Å². The van der Waals surface area contributed by atoms with Crippen LogP contribution in [0, 0.1) is 28.5 Å². The first-order chi connectivity index (χ1) is 24.3. The fraction of sp³-hybridized carbons (Fsp3) is 0.306. The minimum Gasteiger partial charge on any atom is -1.00 e. The van der Waals surface area contributed by atoms with Crippen molar-refractivity contribution in [1.82, 2.24) is 0 Å². The number of halogens is 4. The van der Waals surface area contributed by atoms with Crippen LogP contribution in [-0.4, -0.2) is 3.21 Å². The zero-order valence-corrected chi connectivity index (χ0v) is 37.1. The third-order valence-corrected chi connectivity index (χ3v) is 11.8. The van der Waals surface area contributed by atoms with Crippen molar-refractivity contribution in [2.45, 2.75) is 86.5 Å². The van der Waals surface area contributed by atoms with Crippen LogP contribution >= 0.6 is 0 Å². The number of hydrogen-bond donors (Lipinski definition) is 0. The maximum absolute atomic E-state index is 12.8. The van der Waals surface area contributed by atoms with E-state index >= 15 is 0 Å². The van der Waals surface area contributed by atoms with Gasteiger partial charge in [-0.15, -0.1) is 46.2 Å². The summed E-state index contributed by atoms with van der Waals surface area (Å²) in [6.07, 6.45) is 15.0. The molecule has 280 valence electrons. The van der Waals surface area contributed by atoms with Crippen LogP contribution in [0.2, 0.25) is 0 Å². The molecular weight excluding hydrogens is 789 g/mol. The van der Waals surface area contributed by atoms with Crippen molar-refractivity contribution in [2.24, 2.45) is 10.8 Å². The molecule has 0 radical (unpaired) electrons. The summed E-state index contributed by atoms with van der Waals surface area (Å²) < 4.78 is 26.6. The molecule has 8 rings (SSSR count). The van der Waals surface area contributed by atoms with E-state index < -0.39 is 0 Å². The largest absolute Gasteiger partial charge is 1.00 e. The summed E-state index contributed by atoms with van der Waals surface area (Å²) in [6.45, 7) is 23.5. The monoisotopic (exact) mass is 836 g/mol. The van der Waals surface area contributed by atoms with Gasteiger partial charge in [-0.05, 0) is 33.1 Å². The first-order valence-corrected chi connectivity index (χ1v) is 19.5. The molecule has 0 N–H and O–H groups in total. The molecule has 0 unspecified atom stereocenters. The molecule has 3 aliphatic carbocycles. The number of rotatable bonds is 2. The normalized spacial score (nSPS) is 15.9. The Hall–Kier alpha value is -3.10. The summed E-state index contributed by atoms with van der Waals surface area (Å²) in [6, 6.07) is 25.0. The summed E-state index contributed by atoms with van der Waals surface area (Å²) in [5, 5.41) is 5.58. The molecule has 0 nitrogen and oxygen atoms in total. The Labute approximate surface area is 349 Å². The summed E-state index contributed by atoms with van der Waals surface area (Å²) in [5.41, 5.74) is 11.2. The van der Waals surface area contributed by atoms with Crippen molar-refractivity contribution < 1.29 is 57.8 Å². The van der Waals surface area contributed by atoms with Crippen LogP contribution in [0.1, 0.15) is 109 Å². The van der Waals surface area contributed by atoms with E-state index in [0.29, 0.717) is 0 Å². The second-order valence-electron chi connectivity index (χ2n) is 17.6. The van der Waals surface area contributed by atoms with Gasteiger partial charge in [-0.25, -0.2) is 12.2 Å². The third-order valence-electron chi connectivity index (χ3n) is 10.4. The van der Waals surface area contributed by atoms with Crippen LogP contribution in [0.5, 0.6) is 0 Å². The first-order valence-electron chi connectivity index (χ1n) is 18.3. The van der Waals surface area contributed by atoms with Crippen molar-refractivity contribution in [3.05, 3.63) is 160 Å². The smallest absolute Gasteiger partial charge is 0.109 e. The molecule has 0 aliphatic heterocycles. The summed E-state index contributed by atoms with van der Waals surface area (Å²) in [7, 11) is 0. The van der Waals surface area contributed by atoms with Crippen molar-refractivity contribution in [3.8, 4) is 0 Å². The van der Waals surface area contributed by atoms with Gasteiger partial charge in [0.15, 0.2) is 0 Å². The van der Waals surface area contributed by atoms with E-state index in [4.69, 9.17) is 0 Å². The minimum atomic E-state index is -0.244. The van der Waals surface area contributed by atoms with Gasteiger partial charge in [-0.2, -0.15) is 6.08 Å². The molecule has 0 spiro atoms. The SMILES string of the molecule is CC(C)(C)C1=CC(C)(C)c2cc3[cH-]c4cc5c(cc4c3cc21)C(C(C)(C)C)=CC5(C)C.Fc1ccc([C](=[Zr+2])c2ccc(F)cc2)cc1.[C-]1=CC=CC1.[Cl-].[Cl-]. The fourth-order valence-corrected chi connectivity index (χ4v) is 8.45. The van der Waals surface area contributed by atoms with E-state index in [0.717, 1.165) is 20.8 Å². The second-order valence-corrected chi connectivity index (χ2v) is 18.8. The molecule has 3 aliphatic rings. The van der Waals surface area contributed by atoms with Gasteiger partial charge in [0, 0.05) is 10.8 Å². The van der Waals surface area contributed by atoms with Crippen LogP contribution in [0.3, 0.4) is 0 Å². The Morgan fingerprint density at radius 1 is 0.648 bits per heavy atom. The van der Waals surface area contributed by atoms with Crippen LogP contribution in [0.25, 0.3) is 32.7 Å². The number of hydrogen-bond acceptors (Lipinski definition) is 0. The van der Waals surface area contributed by atoms with Crippen molar-refractivity contribution in [3.63, 3.8) is 0 Å². The Kier molecular flexibility index (Phi) is 13.1. The van der Waals surface area contributed by atoms with Gasteiger partial charge in [0.25, 0.3) is 0 Å². The molecular formula is C49H50Cl2F2Zr-2. The molecule has 0 saturated heterocycles. The maximum atomic E-state index is 12.8. The average molecular weight is 839 g/mol. The van der Waals surface area contributed by atoms with E-state index in [9.17, 15) is 8.78 Å². The topological polar surface area (TPSA) is 0 Å². The van der Waals surface area contributed by atoms with Crippen molar-refractivity contribution >= 4 is 35.9 Å². The van der Waals surface area contributed by atoms with Gasteiger partial charge in [-0.3, -0.25) is 6.08 Å². The predicted molar refractivity (Wildman–Crippen MR) is 216 cm³/mol. The van der Waals surface area contributed by atoms with Gasteiger partial charge >= 0.3 is 108 Å². The van der Waals surface area contributed by atoms with E-state index in [1.165, 1.54) is 103 Å². The molecule has 0 heterocycles. The van der Waals surface area contributed by atoms with Gasteiger partial charge in [0.1, 0.15) is 0 Å². The van der Waals surface area contributed by atoms with Gasteiger partial charge in [0.2, 0.25) is 0 Å². The summed E-state index contributed by atoms with van der Waals surface area (Å²) in [5.74, 6) is -0.488. The quantitative estimate of drug-likeness (QED) is 0.161. The van der Waals surface area contributed by atoms with Crippen molar-refractivity contribution in [1.29, 1.82) is 0 Å². The van der Waals surface area contributed by atoms with E-state index in [1.54, 1.807) is 24.3 Å². The zero-order valence-electron chi connectivity index (χ0n) is 33.1. The zero-order chi connectivity index (χ0) is 37.8. The number of allylic oxidation sites excluding steroid dienone is 8. The van der Waals surface area contributed by atoms with Crippen LogP contribution in [0.4, 0.5) is 8.78 Å². The summed E-state index contributed by atoms with van der Waals surface area (Å²) in [4.78, 5) is 0. The third kappa shape index (κ3) is 8.96. The Balaban J connectivity index is 0.000000236. The van der Waals surface area contributed by atoms with E-state index in [-0.39, 0.29) is 58.1 Å². The average Bonchev–Trinajstić information content (AvgIpc) is 3.86. The Morgan fingerprint density at radius 3 is 1.33 bits per heavy atom. The fourth-order valence-electron chi connectivity index (χ4n) is 7.63. The van der Waals surface area contributed by atoms with E-state index in [1.807, 2.05) is 12.2 Å². The first kappa shape index (κ1) is 43.6.